The zero-order valence-electron chi connectivity index (χ0n) is 18.9. The van der Waals surface area contributed by atoms with Gasteiger partial charge in [-0.05, 0) is 39.9 Å². The molecule has 7 nitrogen and oxygen atoms in total. The lowest BCUT2D eigenvalue weighted by Gasteiger charge is -2.18. The van der Waals surface area contributed by atoms with Crippen LogP contribution in [-0.4, -0.2) is 35.7 Å². The van der Waals surface area contributed by atoms with Gasteiger partial charge in [0.25, 0.3) is 0 Å². The molecule has 3 aromatic carbocycles. The van der Waals surface area contributed by atoms with E-state index in [9.17, 15) is 14.4 Å². The molecule has 35 heavy (non-hydrogen) atoms. The summed E-state index contributed by atoms with van der Waals surface area (Å²) in [7, 11) is 0. The summed E-state index contributed by atoms with van der Waals surface area (Å²) in [5.41, 5.74) is 5.14. The fourth-order valence-electron chi connectivity index (χ4n) is 4.24. The smallest absolute Gasteiger partial charge is 0.407 e. The first-order chi connectivity index (χ1) is 17.0. The van der Waals surface area contributed by atoms with Crippen molar-refractivity contribution in [3.63, 3.8) is 0 Å². The molecule has 1 atom stereocenters. The van der Waals surface area contributed by atoms with Crippen LogP contribution in [-0.2, 0) is 16.1 Å². The first kappa shape index (κ1) is 23.6. The highest BCUT2D eigenvalue weighted by atomic mass is 16.5. The predicted molar refractivity (Wildman–Crippen MR) is 131 cm³/mol. The topological polar surface area (TPSA) is 105 Å². The largest absolute Gasteiger partial charge is 0.478 e. The Hall–Kier alpha value is -4.57. The minimum Gasteiger partial charge on any atom is -0.478 e. The van der Waals surface area contributed by atoms with Gasteiger partial charge >= 0.3 is 12.1 Å². The molecule has 0 heterocycles. The van der Waals surface area contributed by atoms with E-state index in [1.807, 2.05) is 48.5 Å². The standard InChI is InChI=1S/C28H24N2O5/c1-2-8-25(26(31)29-16-18-9-7-10-19(15-18)27(32)33)30-28(34)35-17-24-22-13-5-3-11-20(22)21-12-4-6-14-23(21)24/h1,3-7,9-15,24-25H,8,16-17H2,(H,29,31)(H,30,34)(H,32,33). The van der Waals surface area contributed by atoms with Crippen LogP contribution in [0.2, 0.25) is 0 Å². The number of rotatable bonds is 8. The van der Waals surface area contributed by atoms with Crippen molar-refractivity contribution in [1.82, 2.24) is 10.6 Å². The number of hydrogen-bond donors (Lipinski definition) is 3. The number of carboxylic acids is 1. The predicted octanol–water partition coefficient (Wildman–Crippen LogP) is 3.93. The number of alkyl carbamates (subject to hydrolysis) is 1. The van der Waals surface area contributed by atoms with Crippen LogP contribution in [0.3, 0.4) is 0 Å². The molecule has 0 fully saturated rings. The summed E-state index contributed by atoms with van der Waals surface area (Å²) in [5, 5.41) is 14.3. The average Bonchev–Trinajstić information content (AvgIpc) is 3.19. The van der Waals surface area contributed by atoms with Gasteiger partial charge in [-0.3, -0.25) is 4.79 Å². The van der Waals surface area contributed by atoms with Gasteiger partial charge in [-0.15, -0.1) is 12.3 Å². The van der Waals surface area contributed by atoms with Crippen LogP contribution in [0.5, 0.6) is 0 Å². The number of ether oxygens (including phenoxy) is 1. The van der Waals surface area contributed by atoms with E-state index in [1.54, 1.807) is 12.1 Å². The molecule has 3 aromatic rings. The molecule has 0 bridgehead atoms. The van der Waals surface area contributed by atoms with Crippen molar-refractivity contribution in [2.45, 2.75) is 24.9 Å². The number of carboxylic acid groups (broad SMARTS) is 1. The molecule has 1 unspecified atom stereocenters. The molecule has 0 radical (unpaired) electrons. The van der Waals surface area contributed by atoms with E-state index in [4.69, 9.17) is 16.3 Å². The van der Waals surface area contributed by atoms with Crippen molar-refractivity contribution in [2.75, 3.05) is 6.61 Å². The van der Waals surface area contributed by atoms with Crippen molar-refractivity contribution < 1.29 is 24.2 Å². The summed E-state index contributed by atoms with van der Waals surface area (Å²) in [5.74, 6) is 0.744. The molecule has 2 amide bonds. The molecular formula is C28H24N2O5. The number of carbonyl (C=O) groups is 3. The Kier molecular flexibility index (Phi) is 7.12. The third-order valence-electron chi connectivity index (χ3n) is 5.91. The van der Waals surface area contributed by atoms with Crippen molar-refractivity contribution >= 4 is 18.0 Å². The van der Waals surface area contributed by atoms with Crippen LogP contribution >= 0.6 is 0 Å². The SMILES string of the molecule is C#CCC(NC(=O)OCC1c2ccccc2-c2ccccc21)C(=O)NCc1cccc(C(=O)O)c1. The zero-order valence-corrected chi connectivity index (χ0v) is 18.9. The van der Waals surface area contributed by atoms with E-state index >= 15 is 0 Å². The van der Waals surface area contributed by atoms with Crippen LogP contribution in [0, 0.1) is 12.3 Å². The third-order valence-corrected chi connectivity index (χ3v) is 5.91. The van der Waals surface area contributed by atoms with E-state index in [2.05, 4.69) is 16.6 Å². The van der Waals surface area contributed by atoms with Crippen LogP contribution in [0.1, 0.15) is 39.4 Å². The van der Waals surface area contributed by atoms with Gasteiger partial charge in [0.15, 0.2) is 0 Å². The van der Waals surface area contributed by atoms with Crippen LogP contribution in [0.4, 0.5) is 4.79 Å². The van der Waals surface area contributed by atoms with Gasteiger partial charge in [-0.25, -0.2) is 9.59 Å². The van der Waals surface area contributed by atoms with Crippen molar-refractivity contribution in [2.24, 2.45) is 0 Å². The number of amides is 2. The lowest BCUT2D eigenvalue weighted by atomic mass is 9.98. The first-order valence-corrected chi connectivity index (χ1v) is 11.1. The second-order valence-electron chi connectivity index (χ2n) is 8.15. The number of terminal acetylenes is 1. The Morgan fingerprint density at radius 2 is 1.63 bits per heavy atom. The van der Waals surface area contributed by atoms with E-state index in [1.165, 1.54) is 12.1 Å². The van der Waals surface area contributed by atoms with Gasteiger partial charge < -0.3 is 20.5 Å². The monoisotopic (exact) mass is 468 g/mol. The maximum Gasteiger partial charge on any atom is 0.407 e. The van der Waals surface area contributed by atoms with Gasteiger partial charge in [0.2, 0.25) is 5.91 Å². The minimum absolute atomic E-state index is 0.0226. The summed E-state index contributed by atoms with van der Waals surface area (Å²) in [4.78, 5) is 36.3. The number of carbonyl (C=O) groups excluding carboxylic acids is 2. The molecule has 0 aromatic heterocycles. The quantitative estimate of drug-likeness (QED) is 0.435. The minimum atomic E-state index is -1.06. The first-order valence-electron chi connectivity index (χ1n) is 11.1. The third kappa shape index (κ3) is 5.33. The Morgan fingerprint density at radius 1 is 0.971 bits per heavy atom. The molecule has 0 spiro atoms. The molecule has 3 N–H and O–H groups in total. The van der Waals surface area contributed by atoms with E-state index < -0.39 is 24.0 Å². The molecule has 4 rings (SSSR count). The maximum atomic E-state index is 12.7. The Morgan fingerprint density at radius 3 is 2.26 bits per heavy atom. The Bertz CT molecular complexity index is 1260. The second-order valence-corrected chi connectivity index (χ2v) is 8.15. The van der Waals surface area contributed by atoms with Crippen molar-refractivity contribution in [3.8, 4) is 23.5 Å². The van der Waals surface area contributed by atoms with Gasteiger partial charge in [-0.2, -0.15) is 0 Å². The average molecular weight is 469 g/mol. The summed E-state index contributed by atoms with van der Waals surface area (Å²) in [6.45, 7) is 0.208. The molecular weight excluding hydrogens is 444 g/mol. The fourth-order valence-corrected chi connectivity index (χ4v) is 4.24. The number of nitrogens with one attached hydrogen (secondary N) is 2. The highest BCUT2D eigenvalue weighted by Crippen LogP contribution is 2.44. The van der Waals surface area contributed by atoms with Crippen LogP contribution in [0.25, 0.3) is 11.1 Å². The Balaban J connectivity index is 1.36. The highest BCUT2D eigenvalue weighted by molar-refractivity contribution is 5.88. The molecule has 1 aliphatic rings. The number of benzene rings is 3. The van der Waals surface area contributed by atoms with Gasteiger partial charge in [0, 0.05) is 18.9 Å². The molecule has 0 aliphatic heterocycles. The molecule has 0 saturated heterocycles. The number of aromatic carboxylic acids is 1. The van der Waals surface area contributed by atoms with Crippen molar-refractivity contribution in [1.29, 1.82) is 0 Å². The summed E-state index contributed by atoms with van der Waals surface area (Å²) in [6.07, 6.45) is 4.63. The lowest BCUT2D eigenvalue weighted by molar-refractivity contribution is -0.123. The lowest BCUT2D eigenvalue weighted by Crippen LogP contribution is -2.46. The van der Waals surface area contributed by atoms with Crippen LogP contribution in [0.15, 0.2) is 72.8 Å². The van der Waals surface area contributed by atoms with Crippen LogP contribution < -0.4 is 10.6 Å². The molecule has 0 saturated carbocycles. The van der Waals surface area contributed by atoms with E-state index in [0.717, 1.165) is 22.3 Å². The summed E-state index contributed by atoms with van der Waals surface area (Å²) >= 11 is 0. The number of hydrogen-bond acceptors (Lipinski definition) is 4. The summed E-state index contributed by atoms with van der Waals surface area (Å²) in [6, 6.07) is 21.3. The maximum absolute atomic E-state index is 12.7. The summed E-state index contributed by atoms with van der Waals surface area (Å²) < 4.78 is 5.51. The van der Waals surface area contributed by atoms with Gasteiger partial charge in [0.05, 0.1) is 5.56 Å². The zero-order chi connectivity index (χ0) is 24.8. The van der Waals surface area contributed by atoms with E-state index in [0.29, 0.717) is 5.56 Å². The van der Waals surface area contributed by atoms with Crippen molar-refractivity contribution in [3.05, 3.63) is 95.1 Å². The normalized spacial score (nSPS) is 12.5. The fraction of sp³-hybridized carbons (Fsp3) is 0.179. The molecule has 7 heteroatoms. The van der Waals surface area contributed by atoms with Gasteiger partial charge in [0.1, 0.15) is 12.6 Å². The highest BCUT2D eigenvalue weighted by Gasteiger charge is 2.29. The molecule has 176 valence electrons. The molecule has 1 aliphatic carbocycles. The van der Waals surface area contributed by atoms with E-state index in [-0.39, 0.29) is 31.1 Å². The van der Waals surface area contributed by atoms with Gasteiger partial charge in [-0.1, -0.05) is 60.7 Å². The second kappa shape index (κ2) is 10.6. The number of fused-ring (bicyclic) bond motifs is 3. The Labute approximate surface area is 203 Å².